The third-order valence-corrected chi connectivity index (χ3v) is 7.66. The highest BCUT2D eigenvalue weighted by molar-refractivity contribution is 6.30. The molecule has 0 aliphatic carbocycles. The van der Waals surface area contributed by atoms with Crippen molar-refractivity contribution in [3.8, 4) is 0 Å². The van der Waals surface area contributed by atoms with Crippen LogP contribution in [0, 0.1) is 11.3 Å². The van der Waals surface area contributed by atoms with Crippen LogP contribution < -0.4 is 4.90 Å². The van der Waals surface area contributed by atoms with E-state index < -0.39 is 0 Å². The summed E-state index contributed by atoms with van der Waals surface area (Å²) in [5.74, 6) is 0.870. The lowest BCUT2D eigenvalue weighted by Crippen LogP contribution is -3.20. The van der Waals surface area contributed by atoms with E-state index in [4.69, 9.17) is 27.9 Å². The molecule has 4 rings (SSSR count). The molecule has 0 spiro atoms. The number of hydrogen-bond acceptors (Lipinski definition) is 1. The molecule has 0 bridgehead atoms. The summed E-state index contributed by atoms with van der Waals surface area (Å²) in [5.41, 5.74) is 2.65. The van der Waals surface area contributed by atoms with E-state index in [1.54, 1.807) is 4.90 Å². The second-order valence-electron chi connectivity index (χ2n) is 9.61. The van der Waals surface area contributed by atoms with E-state index in [1.807, 2.05) is 18.2 Å². The summed E-state index contributed by atoms with van der Waals surface area (Å²) < 4.78 is 6.55. The number of benzene rings is 2. The molecule has 2 aromatic carbocycles. The molecule has 0 saturated carbocycles. The van der Waals surface area contributed by atoms with Crippen molar-refractivity contribution >= 4 is 23.2 Å². The molecule has 1 N–H and O–H groups in total. The van der Waals surface area contributed by atoms with Gasteiger partial charge >= 0.3 is 0 Å². The lowest BCUT2D eigenvalue weighted by atomic mass is 9.66. The highest BCUT2D eigenvalue weighted by Gasteiger charge is 2.59. The van der Waals surface area contributed by atoms with Crippen LogP contribution in [-0.2, 0) is 4.74 Å². The fourth-order valence-corrected chi connectivity index (χ4v) is 6.11. The molecular formula is C26H32Cl2NO+. The summed E-state index contributed by atoms with van der Waals surface area (Å²) in [7, 11) is 0. The van der Waals surface area contributed by atoms with Gasteiger partial charge in [0.2, 0.25) is 0 Å². The van der Waals surface area contributed by atoms with Gasteiger partial charge in [-0.1, -0.05) is 74.3 Å². The van der Waals surface area contributed by atoms with Gasteiger partial charge in [0.15, 0.2) is 6.23 Å². The summed E-state index contributed by atoms with van der Waals surface area (Å²) in [6, 6.07) is 17.6. The molecule has 2 heterocycles. The van der Waals surface area contributed by atoms with Crippen molar-refractivity contribution in [1.29, 1.82) is 0 Å². The summed E-state index contributed by atoms with van der Waals surface area (Å²) in [6.45, 7) is 11.9. The van der Waals surface area contributed by atoms with Crippen molar-refractivity contribution in [1.82, 2.24) is 0 Å². The Morgan fingerprint density at radius 2 is 1.87 bits per heavy atom. The average Bonchev–Trinajstić information content (AvgIpc) is 3.15. The highest BCUT2D eigenvalue weighted by atomic mass is 35.5. The van der Waals surface area contributed by atoms with Crippen molar-refractivity contribution in [2.75, 3.05) is 6.61 Å². The van der Waals surface area contributed by atoms with Crippen molar-refractivity contribution < 1.29 is 9.64 Å². The topological polar surface area (TPSA) is 13.7 Å². The van der Waals surface area contributed by atoms with Gasteiger partial charge in [0.1, 0.15) is 18.7 Å². The fourth-order valence-electron chi connectivity index (χ4n) is 5.78. The van der Waals surface area contributed by atoms with Crippen LogP contribution in [0.3, 0.4) is 0 Å². The SMILES string of the molecule is C=CC[C@@]1(C)C[C@H](c2cccc(Cl)c2)C(c2ccc(Cl)cc2)[NH+]2C(C(C)C)COC21. The molecule has 0 amide bonds. The van der Waals surface area contributed by atoms with Crippen LogP contribution in [-0.4, -0.2) is 18.9 Å². The Morgan fingerprint density at radius 1 is 1.13 bits per heavy atom. The smallest absolute Gasteiger partial charge is 0.198 e. The molecule has 30 heavy (non-hydrogen) atoms. The molecule has 0 radical (unpaired) electrons. The maximum atomic E-state index is 6.55. The summed E-state index contributed by atoms with van der Waals surface area (Å²) in [6.07, 6.45) is 4.18. The van der Waals surface area contributed by atoms with Crippen molar-refractivity contribution in [2.45, 2.75) is 57.8 Å². The van der Waals surface area contributed by atoms with Gasteiger partial charge in [0.05, 0.1) is 5.41 Å². The summed E-state index contributed by atoms with van der Waals surface area (Å²) >= 11 is 12.7. The van der Waals surface area contributed by atoms with Crippen LogP contribution in [0.5, 0.6) is 0 Å². The number of rotatable bonds is 5. The summed E-state index contributed by atoms with van der Waals surface area (Å²) in [5, 5.41) is 1.57. The Kier molecular flexibility index (Phi) is 6.33. The fraction of sp³-hybridized carbons (Fsp3) is 0.462. The Balaban J connectivity index is 1.88. The second kappa shape index (κ2) is 8.67. The summed E-state index contributed by atoms with van der Waals surface area (Å²) in [4.78, 5) is 1.55. The molecule has 4 heteroatoms. The molecule has 160 valence electrons. The van der Waals surface area contributed by atoms with Gasteiger partial charge in [0, 0.05) is 27.4 Å². The van der Waals surface area contributed by atoms with Crippen LogP contribution in [0.25, 0.3) is 0 Å². The lowest BCUT2D eigenvalue weighted by molar-refractivity contribution is -0.993. The van der Waals surface area contributed by atoms with E-state index in [1.165, 1.54) is 11.1 Å². The highest BCUT2D eigenvalue weighted by Crippen LogP contribution is 2.48. The van der Waals surface area contributed by atoms with Crippen molar-refractivity contribution in [3.63, 3.8) is 0 Å². The van der Waals surface area contributed by atoms with E-state index in [-0.39, 0.29) is 11.6 Å². The molecule has 0 aromatic heterocycles. The minimum absolute atomic E-state index is 0.0244. The Morgan fingerprint density at radius 3 is 2.50 bits per heavy atom. The quantitative estimate of drug-likeness (QED) is 0.552. The van der Waals surface area contributed by atoms with Crippen LogP contribution in [0.15, 0.2) is 61.2 Å². The normalized spacial score (nSPS) is 33.5. The van der Waals surface area contributed by atoms with Crippen LogP contribution in [0.4, 0.5) is 0 Å². The van der Waals surface area contributed by atoms with E-state index >= 15 is 0 Å². The van der Waals surface area contributed by atoms with E-state index in [0.717, 1.165) is 29.5 Å². The van der Waals surface area contributed by atoms with E-state index in [2.05, 4.69) is 63.8 Å². The molecule has 2 saturated heterocycles. The van der Waals surface area contributed by atoms with Gasteiger partial charge < -0.3 is 4.74 Å². The minimum atomic E-state index is 0.0244. The largest absolute Gasteiger partial charge is 0.323 e. The first kappa shape index (κ1) is 21.9. The maximum Gasteiger partial charge on any atom is 0.198 e. The first-order chi connectivity index (χ1) is 14.3. The Hall–Kier alpha value is -1.32. The van der Waals surface area contributed by atoms with Gasteiger partial charge in [-0.25, -0.2) is 0 Å². The number of hydrogen-bond donors (Lipinski definition) is 1. The number of quaternary nitrogens is 1. The van der Waals surface area contributed by atoms with Gasteiger partial charge in [0.25, 0.3) is 0 Å². The third-order valence-electron chi connectivity index (χ3n) is 7.18. The first-order valence-electron chi connectivity index (χ1n) is 10.9. The lowest BCUT2D eigenvalue weighted by Gasteiger charge is -2.50. The number of halogens is 2. The number of ether oxygens (including phenoxy) is 1. The second-order valence-corrected chi connectivity index (χ2v) is 10.5. The first-order valence-corrected chi connectivity index (χ1v) is 11.7. The van der Waals surface area contributed by atoms with Crippen LogP contribution in [0.2, 0.25) is 10.0 Å². The number of allylic oxidation sites excluding steroid dienone is 1. The minimum Gasteiger partial charge on any atom is -0.323 e. The van der Waals surface area contributed by atoms with Gasteiger partial charge in [-0.2, -0.15) is 0 Å². The predicted octanol–water partition coefficient (Wildman–Crippen LogP) is 6.07. The molecule has 2 aliphatic rings. The molecule has 2 aliphatic heterocycles. The molecule has 2 nitrogen and oxygen atoms in total. The molecule has 2 aromatic rings. The van der Waals surface area contributed by atoms with E-state index in [0.29, 0.717) is 23.9 Å². The standard InChI is InChI=1S/C26H31Cl2NO/c1-5-13-26(4)15-22(19-7-6-8-21(28)14-19)24(18-9-11-20(27)12-10-18)29-23(17(2)3)16-30-25(26)29/h5-12,14,17,22-25H,1,13,15-16H2,2-4H3/p+1/t22-,23?,24?,25?,26+/m1/s1. The number of fused-ring (bicyclic) bond motifs is 1. The molecule has 6 atom stereocenters. The zero-order valence-electron chi connectivity index (χ0n) is 18.1. The maximum absolute atomic E-state index is 6.55. The Labute approximate surface area is 190 Å². The Bertz CT molecular complexity index is 896. The van der Waals surface area contributed by atoms with Crippen molar-refractivity contribution in [2.24, 2.45) is 11.3 Å². The van der Waals surface area contributed by atoms with E-state index in [9.17, 15) is 0 Å². The predicted molar refractivity (Wildman–Crippen MR) is 125 cm³/mol. The molecule has 4 unspecified atom stereocenters. The zero-order valence-corrected chi connectivity index (χ0v) is 19.6. The van der Waals surface area contributed by atoms with Gasteiger partial charge in [-0.3, -0.25) is 4.90 Å². The van der Waals surface area contributed by atoms with Crippen LogP contribution >= 0.6 is 23.2 Å². The number of piperidine rings is 1. The van der Waals surface area contributed by atoms with Gasteiger partial charge in [-0.15, -0.1) is 6.58 Å². The van der Waals surface area contributed by atoms with Gasteiger partial charge in [-0.05, 0) is 42.7 Å². The molecule has 2 fully saturated rings. The average molecular weight is 445 g/mol. The third kappa shape index (κ3) is 3.96. The molecular weight excluding hydrogens is 413 g/mol. The van der Waals surface area contributed by atoms with Crippen molar-refractivity contribution in [3.05, 3.63) is 82.4 Å². The zero-order chi connectivity index (χ0) is 21.5. The van der Waals surface area contributed by atoms with Crippen LogP contribution in [0.1, 0.15) is 56.7 Å². The monoisotopic (exact) mass is 444 g/mol. The number of nitrogens with one attached hydrogen (secondary N) is 1.